The SMILES string of the molecule is NC(=O)c1cnn(-c2ccc(NS(=O)(=O)Cc3cccc(C(F)(F)F)c3)cc2)c1. The molecule has 3 N–H and O–H groups in total. The van der Waals surface area contributed by atoms with Gasteiger partial charge in [-0.1, -0.05) is 18.2 Å². The Hall–Kier alpha value is -3.34. The van der Waals surface area contributed by atoms with E-state index in [2.05, 4.69) is 9.82 Å². The molecule has 0 atom stereocenters. The molecule has 0 aliphatic rings. The van der Waals surface area contributed by atoms with Crippen LogP contribution in [0.5, 0.6) is 0 Å². The van der Waals surface area contributed by atoms with Crippen molar-refractivity contribution in [3.05, 3.63) is 77.6 Å². The normalized spacial score (nSPS) is 12.0. The van der Waals surface area contributed by atoms with Gasteiger partial charge in [-0.25, -0.2) is 13.1 Å². The van der Waals surface area contributed by atoms with Crippen LogP contribution in [0.1, 0.15) is 21.5 Å². The molecule has 1 amide bonds. The maximum Gasteiger partial charge on any atom is 0.416 e. The molecule has 0 unspecified atom stereocenters. The minimum absolute atomic E-state index is 0.0134. The smallest absolute Gasteiger partial charge is 0.366 e. The van der Waals surface area contributed by atoms with Crippen molar-refractivity contribution in [3.63, 3.8) is 0 Å². The molecule has 7 nitrogen and oxygen atoms in total. The summed E-state index contributed by atoms with van der Waals surface area (Å²) in [5, 5.41) is 3.98. The Morgan fingerprint density at radius 1 is 1.14 bits per heavy atom. The Kier molecular flexibility index (Phi) is 5.33. The van der Waals surface area contributed by atoms with Gasteiger partial charge in [0.15, 0.2) is 0 Å². The maximum atomic E-state index is 12.8. The lowest BCUT2D eigenvalue weighted by molar-refractivity contribution is -0.137. The van der Waals surface area contributed by atoms with E-state index in [0.29, 0.717) is 5.69 Å². The number of amides is 1. The molecular weight excluding hydrogens is 409 g/mol. The van der Waals surface area contributed by atoms with Crippen LogP contribution < -0.4 is 10.5 Å². The summed E-state index contributed by atoms with van der Waals surface area (Å²) in [6, 6.07) is 10.2. The van der Waals surface area contributed by atoms with Crippen LogP contribution in [0.4, 0.5) is 18.9 Å². The highest BCUT2D eigenvalue weighted by molar-refractivity contribution is 7.91. The summed E-state index contributed by atoms with van der Waals surface area (Å²) in [6.07, 6.45) is -1.83. The summed E-state index contributed by atoms with van der Waals surface area (Å²) in [6.45, 7) is 0. The summed E-state index contributed by atoms with van der Waals surface area (Å²) in [4.78, 5) is 11.1. The van der Waals surface area contributed by atoms with Gasteiger partial charge in [-0.3, -0.25) is 9.52 Å². The van der Waals surface area contributed by atoms with Gasteiger partial charge >= 0.3 is 6.18 Å². The van der Waals surface area contributed by atoms with Crippen molar-refractivity contribution in [1.82, 2.24) is 9.78 Å². The number of alkyl halides is 3. The van der Waals surface area contributed by atoms with Crippen LogP contribution in [0.2, 0.25) is 0 Å². The van der Waals surface area contributed by atoms with E-state index in [0.717, 1.165) is 18.2 Å². The van der Waals surface area contributed by atoms with Gasteiger partial charge in [0.1, 0.15) is 0 Å². The minimum atomic E-state index is -4.55. The predicted molar refractivity (Wildman–Crippen MR) is 99.8 cm³/mol. The second-order valence-electron chi connectivity index (χ2n) is 6.14. The van der Waals surface area contributed by atoms with Crippen LogP contribution in [0, 0.1) is 0 Å². The number of anilines is 1. The fraction of sp³-hybridized carbons (Fsp3) is 0.111. The molecule has 0 saturated heterocycles. The highest BCUT2D eigenvalue weighted by Crippen LogP contribution is 2.30. The number of aromatic nitrogens is 2. The van der Waals surface area contributed by atoms with E-state index in [1.54, 1.807) is 12.1 Å². The number of hydrogen-bond donors (Lipinski definition) is 2. The van der Waals surface area contributed by atoms with E-state index < -0.39 is 33.4 Å². The molecule has 1 heterocycles. The molecule has 3 aromatic rings. The van der Waals surface area contributed by atoms with Gasteiger partial charge < -0.3 is 5.73 Å². The number of sulfonamides is 1. The third-order valence-corrected chi connectivity index (χ3v) is 5.14. The number of hydrogen-bond acceptors (Lipinski definition) is 4. The lowest BCUT2D eigenvalue weighted by Gasteiger charge is -2.11. The molecule has 152 valence electrons. The van der Waals surface area contributed by atoms with E-state index >= 15 is 0 Å². The molecule has 1 aromatic heterocycles. The molecule has 0 radical (unpaired) electrons. The lowest BCUT2D eigenvalue weighted by atomic mass is 10.1. The second-order valence-corrected chi connectivity index (χ2v) is 7.87. The molecule has 0 aliphatic carbocycles. The van der Waals surface area contributed by atoms with E-state index in [-0.39, 0.29) is 16.8 Å². The third-order valence-electron chi connectivity index (χ3n) is 3.88. The van der Waals surface area contributed by atoms with E-state index in [4.69, 9.17) is 5.73 Å². The molecule has 29 heavy (non-hydrogen) atoms. The highest BCUT2D eigenvalue weighted by atomic mass is 32.2. The van der Waals surface area contributed by atoms with Crippen LogP contribution in [-0.4, -0.2) is 24.1 Å². The summed E-state index contributed by atoms with van der Waals surface area (Å²) in [5.41, 5.74) is 5.26. The number of nitrogens with one attached hydrogen (secondary N) is 1. The lowest BCUT2D eigenvalue weighted by Crippen LogP contribution is -2.15. The van der Waals surface area contributed by atoms with Crippen molar-refractivity contribution in [1.29, 1.82) is 0 Å². The number of nitrogens with two attached hydrogens (primary N) is 1. The topological polar surface area (TPSA) is 107 Å². The van der Waals surface area contributed by atoms with Crippen molar-refractivity contribution in [2.45, 2.75) is 11.9 Å². The zero-order valence-corrected chi connectivity index (χ0v) is 15.5. The first-order valence-electron chi connectivity index (χ1n) is 8.15. The first-order valence-corrected chi connectivity index (χ1v) is 9.80. The van der Waals surface area contributed by atoms with Crippen LogP contribution >= 0.6 is 0 Å². The number of carbonyl (C=O) groups is 1. The molecule has 3 rings (SSSR count). The van der Waals surface area contributed by atoms with E-state index in [9.17, 15) is 26.4 Å². The molecule has 2 aromatic carbocycles. The van der Waals surface area contributed by atoms with E-state index in [1.165, 1.54) is 35.3 Å². The minimum Gasteiger partial charge on any atom is -0.366 e. The van der Waals surface area contributed by atoms with Crippen LogP contribution in [-0.2, 0) is 22.0 Å². The molecule has 0 fully saturated rings. The first kappa shape index (κ1) is 20.4. The second kappa shape index (κ2) is 7.59. The van der Waals surface area contributed by atoms with Crippen molar-refractivity contribution in [2.24, 2.45) is 5.73 Å². The summed E-state index contributed by atoms with van der Waals surface area (Å²) >= 11 is 0. The van der Waals surface area contributed by atoms with Crippen LogP contribution in [0.3, 0.4) is 0 Å². The van der Waals surface area contributed by atoms with Gasteiger partial charge in [-0.05, 0) is 35.9 Å². The standard InChI is InChI=1S/C18H15F3N4O3S/c19-18(20,21)14-3-1-2-12(8-14)11-29(27,28)24-15-4-6-16(7-5-15)25-10-13(9-23-25)17(22)26/h1-10,24H,11H2,(H2,22,26). The van der Waals surface area contributed by atoms with Gasteiger partial charge in [0.2, 0.25) is 10.0 Å². The molecule has 11 heteroatoms. The number of halogens is 3. The highest BCUT2D eigenvalue weighted by Gasteiger charge is 2.30. The number of primary amides is 1. The fourth-order valence-corrected chi connectivity index (χ4v) is 3.73. The van der Waals surface area contributed by atoms with Crippen molar-refractivity contribution >= 4 is 21.6 Å². The molecule has 0 saturated carbocycles. The van der Waals surface area contributed by atoms with Gasteiger partial charge in [0.05, 0.1) is 28.8 Å². The van der Waals surface area contributed by atoms with Gasteiger partial charge in [0, 0.05) is 11.9 Å². The zero-order chi connectivity index (χ0) is 21.2. The summed E-state index contributed by atoms with van der Waals surface area (Å²) in [7, 11) is -3.94. The summed E-state index contributed by atoms with van der Waals surface area (Å²) < 4.78 is 66.6. The van der Waals surface area contributed by atoms with Gasteiger partial charge in [-0.15, -0.1) is 0 Å². The molecule has 0 bridgehead atoms. The molecule has 0 aliphatic heterocycles. The van der Waals surface area contributed by atoms with Crippen molar-refractivity contribution < 1.29 is 26.4 Å². The number of carbonyl (C=O) groups excluding carboxylic acids is 1. The monoisotopic (exact) mass is 424 g/mol. The maximum absolute atomic E-state index is 12.8. The zero-order valence-electron chi connectivity index (χ0n) is 14.7. The Labute approximate surface area is 164 Å². The number of rotatable bonds is 6. The summed E-state index contributed by atoms with van der Waals surface area (Å²) in [5.74, 6) is -1.24. The van der Waals surface area contributed by atoms with Crippen molar-refractivity contribution in [3.8, 4) is 5.69 Å². The number of benzene rings is 2. The van der Waals surface area contributed by atoms with E-state index in [1.807, 2.05) is 0 Å². The Bertz CT molecular complexity index is 1140. The van der Waals surface area contributed by atoms with Crippen LogP contribution in [0.25, 0.3) is 5.69 Å². The quantitative estimate of drug-likeness (QED) is 0.634. The largest absolute Gasteiger partial charge is 0.416 e. The average Bonchev–Trinajstić information content (AvgIpc) is 3.11. The Balaban J connectivity index is 1.72. The van der Waals surface area contributed by atoms with Crippen LogP contribution in [0.15, 0.2) is 60.9 Å². The van der Waals surface area contributed by atoms with Gasteiger partial charge in [-0.2, -0.15) is 18.3 Å². The van der Waals surface area contributed by atoms with Gasteiger partial charge in [0.25, 0.3) is 5.91 Å². The third kappa shape index (κ3) is 5.13. The predicted octanol–water partition coefficient (Wildman–Crippen LogP) is 2.93. The first-order chi connectivity index (χ1) is 13.5. The average molecular weight is 424 g/mol. The van der Waals surface area contributed by atoms with Crippen molar-refractivity contribution in [2.75, 3.05) is 4.72 Å². The fourth-order valence-electron chi connectivity index (χ4n) is 2.55. The Morgan fingerprint density at radius 2 is 1.83 bits per heavy atom. The molecular formula is C18H15F3N4O3S. The number of nitrogens with zero attached hydrogens (tertiary/aromatic N) is 2. The molecule has 0 spiro atoms. The Morgan fingerprint density at radius 3 is 2.41 bits per heavy atom.